The molecule has 0 aliphatic rings. The minimum atomic E-state index is -0.459. The van der Waals surface area contributed by atoms with Gasteiger partial charge in [0, 0.05) is 10.8 Å². The Balaban J connectivity index is 0.000000774. The van der Waals surface area contributed by atoms with Gasteiger partial charge in [-0.1, -0.05) is 13.8 Å². The number of rotatable bonds is 2. The minimum absolute atomic E-state index is 0.159. The molecule has 112 valence electrons. The van der Waals surface area contributed by atoms with Crippen LogP contribution in [0.15, 0.2) is 24.3 Å². The summed E-state index contributed by atoms with van der Waals surface area (Å²) in [7, 11) is 2.81. The molecule has 2 aromatic carbocycles. The molecule has 0 fully saturated rings. The van der Waals surface area contributed by atoms with E-state index in [1.165, 1.54) is 14.2 Å². The fourth-order valence-corrected chi connectivity index (χ4v) is 3.28. The second kappa shape index (κ2) is 6.26. The van der Waals surface area contributed by atoms with Crippen LogP contribution in [0.5, 0.6) is 11.5 Å². The Morgan fingerprint density at radius 2 is 1.14 bits per heavy atom. The first-order chi connectivity index (χ1) is 10.2. The van der Waals surface area contributed by atoms with Crippen LogP contribution in [0.3, 0.4) is 0 Å². The Hall–Kier alpha value is -1.88. The second-order valence-corrected chi connectivity index (χ2v) is 5.04. The summed E-state index contributed by atoms with van der Waals surface area (Å²) < 4.78 is 39.0. The summed E-state index contributed by atoms with van der Waals surface area (Å²) in [4.78, 5) is 0. The SMILES string of the molecule is CC.COc1ccc2c(sc3c(F)c(OC)ccc32)c1F. The highest BCUT2D eigenvalue weighted by Crippen LogP contribution is 2.41. The third kappa shape index (κ3) is 2.42. The third-order valence-electron chi connectivity index (χ3n) is 3.06. The molecule has 1 heterocycles. The maximum absolute atomic E-state index is 14.2. The van der Waals surface area contributed by atoms with Crippen molar-refractivity contribution in [3.8, 4) is 11.5 Å². The zero-order chi connectivity index (χ0) is 15.6. The average Bonchev–Trinajstić information content (AvgIpc) is 2.91. The topological polar surface area (TPSA) is 18.5 Å². The first-order valence-electron chi connectivity index (χ1n) is 6.58. The van der Waals surface area contributed by atoms with Crippen LogP contribution in [0, 0.1) is 11.6 Å². The molecule has 0 N–H and O–H groups in total. The molecule has 0 atom stereocenters. The Labute approximate surface area is 125 Å². The molecule has 0 unspecified atom stereocenters. The molecule has 0 saturated heterocycles. The Kier molecular flexibility index (Phi) is 4.63. The summed E-state index contributed by atoms with van der Waals surface area (Å²) in [5.74, 6) is -0.600. The number of ether oxygens (including phenoxy) is 2. The van der Waals surface area contributed by atoms with Crippen molar-refractivity contribution in [2.45, 2.75) is 13.8 Å². The molecule has 21 heavy (non-hydrogen) atoms. The molecule has 5 heteroatoms. The van der Waals surface area contributed by atoms with Gasteiger partial charge in [-0.05, 0) is 24.3 Å². The van der Waals surface area contributed by atoms with Crippen LogP contribution in [0.1, 0.15) is 13.8 Å². The number of methoxy groups -OCH3 is 2. The highest BCUT2D eigenvalue weighted by Gasteiger charge is 2.17. The van der Waals surface area contributed by atoms with Crippen molar-refractivity contribution < 1.29 is 18.3 Å². The van der Waals surface area contributed by atoms with E-state index >= 15 is 0 Å². The molecule has 0 bridgehead atoms. The van der Waals surface area contributed by atoms with Gasteiger partial charge in [-0.25, -0.2) is 8.78 Å². The van der Waals surface area contributed by atoms with Gasteiger partial charge in [-0.3, -0.25) is 0 Å². The normalized spacial score (nSPS) is 10.4. The van der Waals surface area contributed by atoms with Crippen molar-refractivity contribution in [1.82, 2.24) is 0 Å². The van der Waals surface area contributed by atoms with Crippen LogP contribution in [0.25, 0.3) is 20.2 Å². The van der Waals surface area contributed by atoms with Crippen LogP contribution in [-0.4, -0.2) is 14.2 Å². The van der Waals surface area contributed by atoms with Gasteiger partial charge in [0.15, 0.2) is 23.1 Å². The summed E-state index contributed by atoms with van der Waals surface area (Å²) >= 11 is 1.06. The number of hydrogen-bond acceptors (Lipinski definition) is 3. The first kappa shape index (κ1) is 15.5. The number of hydrogen-bond donors (Lipinski definition) is 0. The zero-order valence-corrected chi connectivity index (χ0v) is 13.1. The van der Waals surface area contributed by atoms with E-state index in [4.69, 9.17) is 9.47 Å². The third-order valence-corrected chi connectivity index (χ3v) is 4.26. The molecular weight excluding hydrogens is 294 g/mol. The maximum atomic E-state index is 14.2. The van der Waals surface area contributed by atoms with E-state index in [-0.39, 0.29) is 11.5 Å². The molecule has 0 amide bonds. The fourth-order valence-electron chi connectivity index (χ4n) is 2.12. The van der Waals surface area contributed by atoms with Crippen LogP contribution >= 0.6 is 11.3 Å². The van der Waals surface area contributed by atoms with Crippen molar-refractivity contribution in [3.63, 3.8) is 0 Å². The highest BCUT2D eigenvalue weighted by atomic mass is 32.1. The standard InChI is InChI=1S/C14H10F2O2S.C2H6/c1-17-9-5-3-7-8-4-6-10(18-2)12(16)14(8)19-13(7)11(9)15;1-2/h3-6H,1-2H3;1-2H3. The number of thiophene rings is 1. The van der Waals surface area contributed by atoms with E-state index in [1.807, 2.05) is 13.8 Å². The van der Waals surface area contributed by atoms with Gasteiger partial charge in [0.2, 0.25) is 0 Å². The van der Waals surface area contributed by atoms with Crippen molar-refractivity contribution in [2.24, 2.45) is 0 Å². The molecule has 0 aliphatic heterocycles. The van der Waals surface area contributed by atoms with E-state index < -0.39 is 11.6 Å². The summed E-state index contributed by atoms with van der Waals surface area (Å²) in [6.45, 7) is 4.00. The van der Waals surface area contributed by atoms with E-state index in [0.29, 0.717) is 20.2 Å². The lowest BCUT2D eigenvalue weighted by Gasteiger charge is -2.02. The molecular formula is C16H16F2O2S. The number of halogens is 2. The summed E-state index contributed by atoms with van der Waals surface area (Å²) in [5.41, 5.74) is 0. The molecule has 1 aromatic heterocycles. The fraction of sp³-hybridized carbons (Fsp3) is 0.250. The monoisotopic (exact) mass is 310 g/mol. The largest absolute Gasteiger partial charge is 0.494 e. The molecule has 2 nitrogen and oxygen atoms in total. The number of fused-ring (bicyclic) bond motifs is 3. The van der Waals surface area contributed by atoms with Gasteiger partial charge in [0.05, 0.1) is 23.6 Å². The van der Waals surface area contributed by atoms with Crippen LogP contribution in [0.4, 0.5) is 8.78 Å². The van der Waals surface area contributed by atoms with E-state index in [9.17, 15) is 8.78 Å². The predicted molar refractivity (Wildman–Crippen MR) is 83.7 cm³/mol. The summed E-state index contributed by atoms with van der Waals surface area (Å²) in [5, 5.41) is 1.36. The molecule has 3 rings (SSSR count). The van der Waals surface area contributed by atoms with Crippen molar-refractivity contribution in [1.29, 1.82) is 0 Å². The highest BCUT2D eigenvalue weighted by molar-refractivity contribution is 7.25. The molecule has 0 saturated carbocycles. The predicted octanol–water partition coefficient (Wildman–Crippen LogP) is 5.38. The minimum Gasteiger partial charge on any atom is -0.494 e. The van der Waals surface area contributed by atoms with Gasteiger partial charge < -0.3 is 9.47 Å². The maximum Gasteiger partial charge on any atom is 0.182 e. The molecule has 0 aliphatic carbocycles. The van der Waals surface area contributed by atoms with Gasteiger partial charge in [0.1, 0.15) is 0 Å². The van der Waals surface area contributed by atoms with Crippen molar-refractivity contribution in [3.05, 3.63) is 35.9 Å². The van der Waals surface area contributed by atoms with Crippen LogP contribution in [0.2, 0.25) is 0 Å². The van der Waals surface area contributed by atoms with E-state index in [2.05, 4.69) is 0 Å². The average molecular weight is 310 g/mol. The van der Waals surface area contributed by atoms with Gasteiger partial charge in [-0.2, -0.15) is 0 Å². The summed E-state index contributed by atoms with van der Waals surface area (Å²) in [6, 6.07) is 6.57. The second-order valence-electron chi connectivity index (χ2n) is 4.02. The van der Waals surface area contributed by atoms with Gasteiger partial charge in [0.25, 0.3) is 0 Å². The lowest BCUT2D eigenvalue weighted by Crippen LogP contribution is -1.87. The Morgan fingerprint density at radius 3 is 1.48 bits per heavy atom. The molecule has 0 radical (unpaired) electrons. The van der Waals surface area contributed by atoms with Crippen molar-refractivity contribution >= 4 is 31.5 Å². The Morgan fingerprint density at radius 1 is 0.762 bits per heavy atom. The van der Waals surface area contributed by atoms with Crippen LogP contribution < -0.4 is 9.47 Å². The van der Waals surface area contributed by atoms with Gasteiger partial charge in [-0.15, -0.1) is 11.3 Å². The number of benzene rings is 2. The smallest absolute Gasteiger partial charge is 0.182 e. The lowest BCUT2D eigenvalue weighted by molar-refractivity contribution is 0.389. The van der Waals surface area contributed by atoms with Crippen molar-refractivity contribution in [2.75, 3.05) is 14.2 Å². The van der Waals surface area contributed by atoms with Crippen LogP contribution in [-0.2, 0) is 0 Å². The molecule has 3 aromatic rings. The van der Waals surface area contributed by atoms with E-state index in [1.54, 1.807) is 24.3 Å². The first-order valence-corrected chi connectivity index (χ1v) is 7.40. The molecule has 0 spiro atoms. The van der Waals surface area contributed by atoms with E-state index in [0.717, 1.165) is 11.3 Å². The quantitative estimate of drug-likeness (QED) is 0.633. The van der Waals surface area contributed by atoms with Gasteiger partial charge >= 0.3 is 0 Å². The Bertz CT molecular complexity index is 717. The lowest BCUT2D eigenvalue weighted by atomic mass is 10.1. The summed E-state index contributed by atoms with van der Waals surface area (Å²) in [6.07, 6.45) is 0. The zero-order valence-electron chi connectivity index (χ0n) is 12.3.